The summed E-state index contributed by atoms with van der Waals surface area (Å²) < 4.78 is 81.4. The van der Waals surface area contributed by atoms with Crippen LogP contribution in [-0.4, -0.2) is 54.2 Å². The molecule has 0 aliphatic carbocycles. The van der Waals surface area contributed by atoms with Gasteiger partial charge in [0.25, 0.3) is 0 Å². The van der Waals surface area contributed by atoms with E-state index in [9.17, 15) is 35.7 Å². The summed E-state index contributed by atoms with van der Waals surface area (Å²) in [6, 6.07) is 7.34. The van der Waals surface area contributed by atoms with Crippen molar-refractivity contribution in [2.45, 2.75) is 40.8 Å². The van der Waals surface area contributed by atoms with Crippen LogP contribution in [-0.2, 0) is 33.3 Å². The first-order chi connectivity index (χ1) is 22.2. The molecule has 0 fully saturated rings. The Hall–Kier alpha value is -5.24. The van der Waals surface area contributed by atoms with Gasteiger partial charge in [-0.15, -0.1) is 0 Å². The van der Waals surface area contributed by atoms with Gasteiger partial charge in [-0.3, -0.25) is 10.1 Å². The van der Waals surface area contributed by atoms with Gasteiger partial charge in [0.2, 0.25) is 5.82 Å². The van der Waals surface area contributed by atoms with Crippen molar-refractivity contribution >= 4 is 43.2 Å². The number of aromatic nitrogens is 4. The number of nitrogen functional groups attached to an aromatic ring is 1. The SMILES string of the molecule is Cc1nc(C)c(N)c(NCc2ccc(OS(C)(=O)=O)cc2F)n1.Cc1nc(C)c([N+](=O)[O-])c(NCc2ccc(OS(C)(=O)=O)cc2F)n1. The second-order valence-electron chi connectivity index (χ2n) is 10.2. The molecule has 2 aromatic heterocycles. The second-order valence-corrected chi connectivity index (χ2v) is 13.4. The number of nitrogens with zero attached hydrogens (tertiary/aromatic N) is 5. The molecule has 0 saturated carbocycles. The molecule has 0 atom stereocenters. The number of aryl methyl sites for hydroxylation is 4. The average molecular weight is 711 g/mol. The Morgan fingerprint density at radius 3 is 1.58 bits per heavy atom. The van der Waals surface area contributed by atoms with Gasteiger partial charge < -0.3 is 24.7 Å². The maximum atomic E-state index is 14.1. The largest absolute Gasteiger partial charge is 0.394 e. The van der Waals surface area contributed by atoms with Gasteiger partial charge in [0.1, 0.15) is 40.5 Å². The van der Waals surface area contributed by atoms with Gasteiger partial charge in [0.05, 0.1) is 28.8 Å². The fourth-order valence-electron chi connectivity index (χ4n) is 4.06. The molecule has 258 valence electrons. The summed E-state index contributed by atoms with van der Waals surface area (Å²) in [7, 11) is -7.45. The molecule has 0 saturated heterocycles. The number of rotatable bonds is 11. The molecule has 4 aromatic rings. The molecule has 20 heteroatoms. The van der Waals surface area contributed by atoms with Crippen LogP contribution in [0.3, 0.4) is 0 Å². The van der Waals surface area contributed by atoms with Crippen molar-refractivity contribution in [1.29, 1.82) is 0 Å². The van der Waals surface area contributed by atoms with Crippen LogP contribution in [0.4, 0.5) is 31.8 Å². The van der Waals surface area contributed by atoms with E-state index >= 15 is 0 Å². The molecule has 4 rings (SSSR count). The normalized spacial score (nSPS) is 11.2. The molecule has 0 aliphatic heterocycles. The van der Waals surface area contributed by atoms with Crippen LogP contribution >= 0.6 is 0 Å². The lowest BCUT2D eigenvalue weighted by atomic mass is 10.2. The lowest BCUT2D eigenvalue weighted by molar-refractivity contribution is -0.385. The lowest BCUT2D eigenvalue weighted by Crippen LogP contribution is -2.10. The van der Waals surface area contributed by atoms with Gasteiger partial charge in [0.15, 0.2) is 5.82 Å². The molecule has 0 unspecified atom stereocenters. The van der Waals surface area contributed by atoms with Crippen molar-refractivity contribution in [3.8, 4) is 11.5 Å². The number of nitrogens with one attached hydrogen (secondary N) is 2. The highest BCUT2D eigenvalue weighted by atomic mass is 32.2. The first-order valence-corrected chi connectivity index (χ1v) is 17.3. The Morgan fingerprint density at radius 1 is 0.750 bits per heavy atom. The number of nitrogens with two attached hydrogens (primary N) is 1. The van der Waals surface area contributed by atoms with E-state index < -0.39 is 36.8 Å². The highest BCUT2D eigenvalue weighted by molar-refractivity contribution is 7.86. The summed E-state index contributed by atoms with van der Waals surface area (Å²) in [4.78, 5) is 26.7. The molecular weight excluding hydrogens is 678 g/mol. The van der Waals surface area contributed by atoms with Crippen molar-refractivity contribution in [3.05, 3.63) is 92.3 Å². The van der Waals surface area contributed by atoms with E-state index in [2.05, 4.69) is 38.9 Å². The number of benzene rings is 2. The molecule has 2 aromatic carbocycles. The number of hydrogen-bond acceptors (Lipinski definition) is 15. The first-order valence-electron chi connectivity index (χ1n) is 13.7. The summed E-state index contributed by atoms with van der Waals surface area (Å²) in [5, 5.41) is 16.8. The second kappa shape index (κ2) is 15.1. The fourth-order valence-corrected chi connectivity index (χ4v) is 4.97. The van der Waals surface area contributed by atoms with Gasteiger partial charge in [-0.25, -0.2) is 28.7 Å². The fraction of sp³-hybridized carbons (Fsp3) is 0.286. The molecule has 4 N–H and O–H groups in total. The van der Waals surface area contributed by atoms with Gasteiger partial charge >= 0.3 is 25.9 Å². The number of halogens is 2. The van der Waals surface area contributed by atoms with Crippen LogP contribution in [0.25, 0.3) is 0 Å². The summed E-state index contributed by atoms with van der Waals surface area (Å²) >= 11 is 0. The van der Waals surface area contributed by atoms with E-state index in [0.29, 0.717) is 34.4 Å². The molecule has 0 aliphatic rings. The Bertz CT molecular complexity index is 2070. The van der Waals surface area contributed by atoms with E-state index in [1.165, 1.54) is 31.2 Å². The van der Waals surface area contributed by atoms with E-state index in [0.717, 1.165) is 24.6 Å². The Balaban J connectivity index is 0.000000261. The predicted octanol–water partition coefficient (Wildman–Crippen LogP) is 3.86. The summed E-state index contributed by atoms with van der Waals surface area (Å²) in [6.07, 6.45) is 1.74. The third kappa shape index (κ3) is 10.9. The van der Waals surface area contributed by atoms with Crippen LogP contribution in [0.5, 0.6) is 11.5 Å². The van der Waals surface area contributed by atoms with Gasteiger partial charge in [-0.05, 0) is 39.8 Å². The summed E-state index contributed by atoms with van der Waals surface area (Å²) in [5.41, 5.74) is 7.29. The predicted molar refractivity (Wildman–Crippen MR) is 172 cm³/mol. The quantitative estimate of drug-likeness (QED) is 0.114. The Labute approximate surface area is 275 Å². The smallest absolute Gasteiger partial charge is 0.332 e. The topological polar surface area (TPSA) is 232 Å². The van der Waals surface area contributed by atoms with E-state index in [-0.39, 0.29) is 47.4 Å². The van der Waals surface area contributed by atoms with Crippen molar-refractivity contribution in [2.24, 2.45) is 0 Å². The molecule has 48 heavy (non-hydrogen) atoms. The molecule has 16 nitrogen and oxygen atoms in total. The van der Waals surface area contributed by atoms with Crippen molar-refractivity contribution in [3.63, 3.8) is 0 Å². The van der Waals surface area contributed by atoms with Crippen molar-refractivity contribution in [2.75, 3.05) is 28.9 Å². The monoisotopic (exact) mass is 710 g/mol. The summed E-state index contributed by atoms with van der Waals surface area (Å²) in [6.45, 7) is 6.59. The number of hydrogen-bond donors (Lipinski definition) is 3. The zero-order valence-corrected chi connectivity index (χ0v) is 28.2. The van der Waals surface area contributed by atoms with E-state index in [1.54, 1.807) is 20.8 Å². The molecule has 2 heterocycles. The first kappa shape index (κ1) is 37.2. The van der Waals surface area contributed by atoms with Gasteiger partial charge in [-0.2, -0.15) is 16.8 Å². The van der Waals surface area contributed by atoms with Crippen LogP contribution in [0.1, 0.15) is 34.2 Å². The zero-order valence-electron chi connectivity index (χ0n) is 26.5. The van der Waals surface area contributed by atoms with Gasteiger partial charge in [-0.1, -0.05) is 12.1 Å². The van der Waals surface area contributed by atoms with Crippen LogP contribution in [0.15, 0.2) is 36.4 Å². The van der Waals surface area contributed by atoms with E-state index in [4.69, 9.17) is 5.73 Å². The number of nitro groups is 1. The highest BCUT2D eigenvalue weighted by Crippen LogP contribution is 2.27. The van der Waals surface area contributed by atoms with Gasteiger partial charge in [0, 0.05) is 36.3 Å². The van der Waals surface area contributed by atoms with Crippen LogP contribution < -0.4 is 24.7 Å². The Kier molecular flexibility index (Phi) is 11.7. The number of anilines is 3. The minimum absolute atomic E-state index is 0.0223. The maximum absolute atomic E-state index is 14.1. The van der Waals surface area contributed by atoms with Crippen LogP contribution in [0.2, 0.25) is 0 Å². The maximum Gasteiger partial charge on any atom is 0.332 e. The lowest BCUT2D eigenvalue weighted by Gasteiger charge is -2.12. The highest BCUT2D eigenvalue weighted by Gasteiger charge is 2.21. The van der Waals surface area contributed by atoms with Crippen LogP contribution in [0, 0.1) is 49.4 Å². The molecule has 0 spiro atoms. The molecule has 0 bridgehead atoms. The zero-order chi connectivity index (χ0) is 36.0. The molecule has 0 amide bonds. The minimum atomic E-state index is -3.76. The van der Waals surface area contributed by atoms with Crippen molar-refractivity contribution in [1.82, 2.24) is 19.9 Å². The third-order valence-corrected chi connectivity index (χ3v) is 7.03. The minimum Gasteiger partial charge on any atom is -0.394 e. The summed E-state index contributed by atoms with van der Waals surface area (Å²) in [5.74, 6) is -0.278. The van der Waals surface area contributed by atoms with E-state index in [1.807, 2.05) is 0 Å². The standard InChI is InChI=1S/C14H15FN4O5S.C14H17FN4O3S/c1-8-13(19(20)21)14(18-9(2)17-8)16-7-10-4-5-11(6-12(10)15)24-25(3,22)23;1-8-13(16)14(19-9(2)18-8)17-7-10-4-5-11(6-12(10)15)22-23(3,20)21/h4-6H,7H2,1-3H3,(H,16,17,18);4-6H,7,16H2,1-3H3,(H,17,18,19). The molecule has 0 radical (unpaired) electrons. The average Bonchev–Trinajstić information content (AvgIpc) is 2.92. The Morgan fingerprint density at radius 2 is 1.17 bits per heavy atom. The van der Waals surface area contributed by atoms with Crippen molar-refractivity contribution < 1.29 is 38.9 Å². The third-order valence-electron chi connectivity index (χ3n) is 6.04. The molecular formula is C28H32F2N8O8S2.